The Hall–Kier alpha value is -1.17. The van der Waals surface area contributed by atoms with Crippen molar-refractivity contribution < 1.29 is 4.79 Å². The van der Waals surface area contributed by atoms with Gasteiger partial charge in [0.05, 0.1) is 0 Å². The molecule has 1 amide bonds. The first kappa shape index (κ1) is 14.8. The van der Waals surface area contributed by atoms with Crippen molar-refractivity contribution in [2.75, 3.05) is 18.0 Å². The Morgan fingerprint density at radius 3 is 2.76 bits per heavy atom. The maximum absolute atomic E-state index is 12.1. The Morgan fingerprint density at radius 1 is 1.33 bits per heavy atom. The minimum atomic E-state index is -0.329. The largest absolute Gasteiger partial charge is 0.351 e. The summed E-state index contributed by atoms with van der Waals surface area (Å²) in [7, 11) is 0. The van der Waals surface area contributed by atoms with Crippen LogP contribution >= 0.6 is 11.5 Å². The Balaban J connectivity index is 1.60. The SMILES string of the molecule is CC(C)(C)C(=O)NC1CCCN(c2nc(C3CC3)ns2)C1. The predicted octanol–water partition coefficient (Wildman–Crippen LogP) is 2.55. The molecule has 21 heavy (non-hydrogen) atoms. The zero-order chi connectivity index (χ0) is 15.0. The van der Waals surface area contributed by atoms with E-state index in [2.05, 4.69) is 19.6 Å². The number of carbonyl (C=O) groups is 1. The summed E-state index contributed by atoms with van der Waals surface area (Å²) < 4.78 is 4.48. The van der Waals surface area contributed by atoms with Gasteiger partial charge < -0.3 is 10.2 Å². The smallest absolute Gasteiger partial charge is 0.225 e. The summed E-state index contributed by atoms with van der Waals surface area (Å²) in [5.41, 5.74) is -0.329. The Morgan fingerprint density at radius 2 is 2.10 bits per heavy atom. The van der Waals surface area contributed by atoms with Crippen LogP contribution in [-0.2, 0) is 4.79 Å². The van der Waals surface area contributed by atoms with Crippen molar-refractivity contribution in [1.29, 1.82) is 0 Å². The van der Waals surface area contributed by atoms with E-state index < -0.39 is 0 Å². The van der Waals surface area contributed by atoms with E-state index in [4.69, 9.17) is 0 Å². The van der Waals surface area contributed by atoms with Gasteiger partial charge in [0.2, 0.25) is 11.0 Å². The lowest BCUT2D eigenvalue weighted by molar-refractivity contribution is -0.129. The lowest BCUT2D eigenvalue weighted by Crippen LogP contribution is -2.50. The molecule has 1 aliphatic heterocycles. The molecule has 2 heterocycles. The van der Waals surface area contributed by atoms with Crippen molar-refractivity contribution in [3.05, 3.63) is 5.82 Å². The molecule has 3 rings (SSSR count). The molecule has 2 fully saturated rings. The van der Waals surface area contributed by atoms with Gasteiger partial charge in [0.1, 0.15) is 5.82 Å². The van der Waals surface area contributed by atoms with Crippen molar-refractivity contribution in [3.63, 3.8) is 0 Å². The van der Waals surface area contributed by atoms with Crippen LogP contribution in [0.2, 0.25) is 0 Å². The highest BCUT2D eigenvalue weighted by molar-refractivity contribution is 7.09. The summed E-state index contributed by atoms with van der Waals surface area (Å²) in [5.74, 6) is 1.76. The van der Waals surface area contributed by atoms with Gasteiger partial charge >= 0.3 is 0 Å². The minimum absolute atomic E-state index is 0.130. The first-order chi connectivity index (χ1) is 9.93. The van der Waals surface area contributed by atoms with E-state index in [0.29, 0.717) is 5.92 Å². The second-order valence-electron chi connectivity index (χ2n) is 7.22. The molecule has 0 spiro atoms. The van der Waals surface area contributed by atoms with Gasteiger partial charge in [-0.05, 0) is 25.7 Å². The number of piperidine rings is 1. The van der Waals surface area contributed by atoms with Gasteiger partial charge in [-0.1, -0.05) is 20.8 Å². The lowest BCUT2D eigenvalue weighted by atomic mass is 9.94. The maximum Gasteiger partial charge on any atom is 0.225 e. The molecular formula is C15H24N4OS. The molecule has 1 saturated heterocycles. The fourth-order valence-corrected chi connectivity index (χ4v) is 3.31. The van der Waals surface area contributed by atoms with Crippen LogP contribution in [0.3, 0.4) is 0 Å². The molecule has 1 aromatic rings. The van der Waals surface area contributed by atoms with Crippen molar-refractivity contribution >= 4 is 22.6 Å². The number of anilines is 1. The molecule has 0 bridgehead atoms. The van der Waals surface area contributed by atoms with Crippen LogP contribution in [0.5, 0.6) is 0 Å². The summed E-state index contributed by atoms with van der Waals surface area (Å²) in [6, 6.07) is 0.221. The molecule has 1 saturated carbocycles. The van der Waals surface area contributed by atoms with Crippen molar-refractivity contribution in [2.45, 2.75) is 58.4 Å². The van der Waals surface area contributed by atoms with E-state index in [-0.39, 0.29) is 17.4 Å². The van der Waals surface area contributed by atoms with Gasteiger partial charge in [-0.3, -0.25) is 4.79 Å². The van der Waals surface area contributed by atoms with Crippen molar-refractivity contribution in [2.24, 2.45) is 5.41 Å². The average molecular weight is 308 g/mol. The van der Waals surface area contributed by atoms with Gasteiger partial charge in [0.25, 0.3) is 0 Å². The van der Waals surface area contributed by atoms with E-state index in [0.717, 1.165) is 36.9 Å². The van der Waals surface area contributed by atoms with Crippen LogP contribution < -0.4 is 10.2 Å². The summed E-state index contributed by atoms with van der Waals surface area (Å²) in [6.45, 7) is 7.73. The number of carbonyl (C=O) groups excluding carboxylic acids is 1. The molecule has 116 valence electrons. The van der Waals surface area contributed by atoms with Crippen molar-refractivity contribution in [1.82, 2.24) is 14.7 Å². The van der Waals surface area contributed by atoms with E-state index in [9.17, 15) is 4.79 Å². The fraction of sp³-hybridized carbons (Fsp3) is 0.800. The van der Waals surface area contributed by atoms with Gasteiger partial charge in [-0.15, -0.1) is 0 Å². The second kappa shape index (κ2) is 5.55. The lowest BCUT2D eigenvalue weighted by Gasteiger charge is -2.34. The summed E-state index contributed by atoms with van der Waals surface area (Å²) in [5, 5.41) is 4.20. The number of rotatable bonds is 3. The fourth-order valence-electron chi connectivity index (χ4n) is 2.53. The quantitative estimate of drug-likeness (QED) is 0.932. The number of hydrogen-bond donors (Lipinski definition) is 1. The second-order valence-corrected chi connectivity index (χ2v) is 7.95. The zero-order valence-electron chi connectivity index (χ0n) is 13.1. The predicted molar refractivity (Wildman–Crippen MR) is 84.7 cm³/mol. The summed E-state index contributed by atoms with van der Waals surface area (Å²) in [4.78, 5) is 19.1. The zero-order valence-corrected chi connectivity index (χ0v) is 13.9. The maximum atomic E-state index is 12.1. The van der Waals surface area contributed by atoms with Gasteiger partial charge in [0.15, 0.2) is 0 Å². The van der Waals surface area contributed by atoms with Gasteiger partial charge in [-0.25, -0.2) is 4.98 Å². The average Bonchev–Trinajstić information content (AvgIpc) is 3.16. The molecule has 6 heteroatoms. The summed E-state index contributed by atoms with van der Waals surface area (Å²) in [6.07, 6.45) is 4.61. The van der Waals surface area contributed by atoms with Crippen LogP contribution in [0.1, 0.15) is 58.2 Å². The van der Waals surface area contributed by atoms with Crippen molar-refractivity contribution in [3.8, 4) is 0 Å². The topological polar surface area (TPSA) is 58.1 Å². The molecule has 1 aliphatic carbocycles. The molecule has 1 unspecified atom stereocenters. The third-order valence-electron chi connectivity index (χ3n) is 4.08. The number of nitrogens with zero attached hydrogens (tertiary/aromatic N) is 3. The Bertz CT molecular complexity index is 518. The molecule has 1 N–H and O–H groups in total. The van der Waals surface area contributed by atoms with Crippen LogP contribution in [-0.4, -0.2) is 34.4 Å². The molecule has 5 nitrogen and oxygen atoms in total. The van der Waals surface area contributed by atoms with Crippen LogP contribution in [0.25, 0.3) is 0 Å². The monoisotopic (exact) mass is 308 g/mol. The molecule has 0 radical (unpaired) electrons. The molecule has 1 atom stereocenters. The van der Waals surface area contributed by atoms with Gasteiger partial charge in [-0.2, -0.15) is 4.37 Å². The van der Waals surface area contributed by atoms with E-state index >= 15 is 0 Å². The number of nitrogens with one attached hydrogen (secondary N) is 1. The molecule has 2 aliphatic rings. The summed E-state index contributed by atoms with van der Waals surface area (Å²) >= 11 is 1.50. The highest BCUT2D eigenvalue weighted by atomic mass is 32.1. The standard InChI is InChI=1S/C15H24N4OS/c1-15(2,3)13(20)16-11-5-4-8-19(9-11)14-17-12(18-21-14)10-6-7-10/h10-11H,4-9H2,1-3H3,(H,16,20). The van der Waals surface area contributed by atoms with E-state index in [1.165, 1.54) is 24.4 Å². The van der Waals surface area contributed by atoms with E-state index in [1.54, 1.807) is 0 Å². The number of aromatic nitrogens is 2. The molecule has 0 aromatic carbocycles. The van der Waals surface area contributed by atoms with Crippen LogP contribution in [0.4, 0.5) is 5.13 Å². The number of hydrogen-bond acceptors (Lipinski definition) is 5. The number of amides is 1. The first-order valence-electron chi connectivity index (χ1n) is 7.83. The highest BCUT2D eigenvalue weighted by Gasteiger charge is 2.31. The van der Waals surface area contributed by atoms with Crippen LogP contribution in [0.15, 0.2) is 0 Å². The minimum Gasteiger partial charge on any atom is -0.351 e. The molecule has 1 aromatic heterocycles. The Kier molecular flexibility index (Phi) is 3.90. The highest BCUT2D eigenvalue weighted by Crippen LogP contribution is 2.39. The first-order valence-corrected chi connectivity index (χ1v) is 8.60. The molecular weight excluding hydrogens is 284 g/mol. The van der Waals surface area contributed by atoms with E-state index in [1.807, 2.05) is 20.8 Å². The normalized spacial score (nSPS) is 23.2. The van der Waals surface area contributed by atoms with Crippen LogP contribution in [0, 0.1) is 5.41 Å². The third-order valence-corrected chi connectivity index (χ3v) is 4.87. The third kappa shape index (κ3) is 3.54. The van der Waals surface area contributed by atoms with Gasteiger partial charge in [0, 0.05) is 42.0 Å². The Labute approximate surface area is 130 Å².